The maximum Gasteiger partial charge on any atom is 0.231 e. The molecular formula is C18H21N3O3S. The average Bonchev–Trinajstić information content (AvgIpc) is 3.27. The van der Waals surface area contributed by atoms with Crippen molar-refractivity contribution in [3.8, 4) is 11.5 Å². The Balaban J connectivity index is 1.56. The van der Waals surface area contributed by atoms with Gasteiger partial charge in [0.25, 0.3) is 0 Å². The number of aryl methyl sites for hydroxylation is 1. The molecule has 3 heterocycles. The topological polar surface area (TPSA) is 63.7 Å². The molecule has 0 radical (unpaired) electrons. The zero-order valence-corrected chi connectivity index (χ0v) is 15.2. The summed E-state index contributed by atoms with van der Waals surface area (Å²) in [6.45, 7) is 6.23. The third-order valence-corrected chi connectivity index (χ3v) is 5.83. The van der Waals surface area contributed by atoms with E-state index in [0.717, 1.165) is 53.8 Å². The Bertz CT molecular complexity index is 807. The van der Waals surface area contributed by atoms with Gasteiger partial charge in [-0.25, -0.2) is 4.98 Å². The number of ether oxygens (including phenoxy) is 2. The highest BCUT2D eigenvalue weighted by Gasteiger charge is 2.43. The summed E-state index contributed by atoms with van der Waals surface area (Å²) in [5, 5.41) is 6.19. The monoisotopic (exact) mass is 359 g/mol. The van der Waals surface area contributed by atoms with Gasteiger partial charge in [0.1, 0.15) is 10.5 Å². The van der Waals surface area contributed by atoms with Gasteiger partial charge >= 0.3 is 0 Å². The zero-order chi connectivity index (χ0) is 17.4. The van der Waals surface area contributed by atoms with Gasteiger partial charge in [0.05, 0.1) is 0 Å². The minimum absolute atomic E-state index is 0.0213. The molecule has 1 unspecified atom stereocenters. The van der Waals surface area contributed by atoms with Crippen LogP contribution in [0.3, 0.4) is 0 Å². The van der Waals surface area contributed by atoms with Crippen molar-refractivity contribution in [1.82, 2.24) is 15.2 Å². The van der Waals surface area contributed by atoms with Crippen molar-refractivity contribution in [2.24, 2.45) is 0 Å². The minimum atomic E-state index is -0.403. The summed E-state index contributed by atoms with van der Waals surface area (Å²) in [6, 6.07) is 5.99. The average molecular weight is 359 g/mol. The van der Waals surface area contributed by atoms with Gasteiger partial charge in [-0.15, -0.1) is 11.3 Å². The number of nitrogens with one attached hydrogen (secondary N) is 1. The van der Waals surface area contributed by atoms with Crippen molar-refractivity contribution in [2.75, 3.05) is 19.9 Å². The number of para-hydroxylation sites is 1. The number of amides is 1. The van der Waals surface area contributed by atoms with E-state index in [1.807, 2.05) is 24.4 Å². The lowest BCUT2D eigenvalue weighted by molar-refractivity contribution is -0.120. The van der Waals surface area contributed by atoms with Crippen molar-refractivity contribution in [3.05, 3.63) is 39.8 Å². The first-order valence-corrected chi connectivity index (χ1v) is 9.25. The minimum Gasteiger partial charge on any atom is -0.454 e. The number of carbonyl (C=O) groups excluding carboxylic acids is 1. The summed E-state index contributed by atoms with van der Waals surface area (Å²) in [7, 11) is 0. The summed E-state index contributed by atoms with van der Waals surface area (Å²) in [5.74, 6) is 1.62. The lowest BCUT2D eigenvalue weighted by Crippen LogP contribution is -2.47. The molecule has 7 heteroatoms. The van der Waals surface area contributed by atoms with Gasteiger partial charge in [-0.2, -0.15) is 0 Å². The van der Waals surface area contributed by atoms with Crippen LogP contribution >= 0.6 is 11.3 Å². The van der Waals surface area contributed by atoms with E-state index in [0.29, 0.717) is 0 Å². The van der Waals surface area contributed by atoms with Crippen molar-refractivity contribution in [3.63, 3.8) is 0 Å². The lowest BCUT2D eigenvalue weighted by atomic mass is 9.99. The predicted molar refractivity (Wildman–Crippen MR) is 94.8 cm³/mol. The molecule has 2 aromatic rings. The highest BCUT2D eigenvalue weighted by atomic mass is 32.1. The number of thiazole rings is 1. The largest absolute Gasteiger partial charge is 0.454 e. The van der Waals surface area contributed by atoms with E-state index in [4.69, 9.17) is 9.47 Å². The van der Waals surface area contributed by atoms with E-state index in [9.17, 15) is 4.79 Å². The van der Waals surface area contributed by atoms with Gasteiger partial charge in [-0.1, -0.05) is 12.1 Å². The number of nitrogens with zero attached hydrogens (tertiary/aromatic N) is 2. The summed E-state index contributed by atoms with van der Waals surface area (Å²) in [5.41, 5.74) is 1.71. The molecule has 2 aliphatic rings. The number of fused-ring (bicyclic) bond motifs is 1. The fourth-order valence-electron chi connectivity index (χ4n) is 3.62. The van der Waals surface area contributed by atoms with Crippen LogP contribution in [0.15, 0.2) is 23.6 Å². The normalized spacial score (nSPS) is 22.3. The van der Waals surface area contributed by atoms with Gasteiger partial charge in [-0.05, 0) is 19.4 Å². The number of benzene rings is 1. The molecule has 25 heavy (non-hydrogen) atoms. The highest BCUT2D eigenvalue weighted by Crippen LogP contribution is 2.39. The van der Waals surface area contributed by atoms with Crippen LogP contribution in [0.5, 0.6) is 11.5 Å². The Labute approximate surface area is 150 Å². The molecule has 1 aromatic carbocycles. The Morgan fingerprint density at radius 1 is 1.44 bits per heavy atom. The van der Waals surface area contributed by atoms with Crippen LogP contribution in [-0.4, -0.2) is 35.7 Å². The molecule has 1 aromatic heterocycles. The van der Waals surface area contributed by atoms with Crippen LogP contribution in [0.4, 0.5) is 0 Å². The fraction of sp³-hybridized carbons (Fsp3) is 0.444. The van der Waals surface area contributed by atoms with Crippen LogP contribution in [0.2, 0.25) is 0 Å². The SMILES string of the molecule is CC(=O)NC1(c2nc(C)cs2)CCN(Cc2cccc3c2OCO3)C1. The maximum atomic E-state index is 11.8. The van der Waals surface area contributed by atoms with E-state index < -0.39 is 5.54 Å². The van der Waals surface area contributed by atoms with Crippen molar-refractivity contribution < 1.29 is 14.3 Å². The zero-order valence-electron chi connectivity index (χ0n) is 14.4. The van der Waals surface area contributed by atoms with E-state index in [1.165, 1.54) is 0 Å². The molecule has 1 atom stereocenters. The number of carbonyl (C=O) groups is 1. The molecule has 6 nitrogen and oxygen atoms in total. The van der Waals surface area contributed by atoms with Gasteiger partial charge in [0, 0.05) is 43.2 Å². The first-order chi connectivity index (χ1) is 12.1. The molecule has 0 bridgehead atoms. The van der Waals surface area contributed by atoms with Crippen LogP contribution in [-0.2, 0) is 16.9 Å². The molecule has 1 amide bonds. The van der Waals surface area contributed by atoms with Gasteiger partial charge in [-0.3, -0.25) is 9.69 Å². The Kier molecular flexibility index (Phi) is 4.13. The van der Waals surface area contributed by atoms with Gasteiger partial charge in [0.2, 0.25) is 12.7 Å². The first-order valence-electron chi connectivity index (χ1n) is 8.37. The van der Waals surface area contributed by atoms with Crippen molar-refractivity contribution in [2.45, 2.75) is 32.4 Å². The third-order valence-electron chi connectivity index (χ3n) is 4.66. The molecule has 4 rings (SSSR count). The Morgan fingerprint density at radius 3 is 3.08 bits per heavy atom. The van der Waals surface area contributed by atoms with Crippen LogP contribution in [0, 0.1) is 6.92 Å². The standard InChI is InChI=1S/C18H21N3O3S/c1-12-9-25-17(19-12)18(20-13(2)22)6-7-21(10-18)8-14-4-3-5-15-16(14)24-11-23-15/h3-5,9H,6-8,10-11H2,1-2H3,(H,20,22). The molecule has 2 aliphatic heterocycles. The molecular weight excluding hydrogens is 338 g/mol. The fourth-order valence-corrected chi connectivity index (χ4v) is 4.60. The second-order valence-electron chi connectivity index (χ2n) is 6.67. The summed E-state index contributed by atoms with van der Waals surface area (Å²) < 4.78 is 11.1. The van der Waals surface area contributed by atoms with E-state index in [-0.39, 0.29) is 12.7 Å². The molecule has 0 saturated carbocycles. The second kappa shape index (κ2) is 6.31. The number of hydrogen-bond donors (Lipinski definition) is 1. The lowest BCUT2D eigenvalue weighted by Gasteiger charge is -2.28. The predicted octanol–water partition coefficient (Wildman–Crippen LogP) is 2.42. The number of aromatic nitrogens is 1. The Morgan fingerprint density at radius 2 is 2.32 bits per heavy atom. The third kappa shape index (κ3) is 3.09. The quantitative estimate of drug-likeness (QED) is 0.908. The number of likely N-dealkylation sites (tertiary alicyclic amines) is 1. The van der Waals surface area contributed by atoms with E-state index in [2.05, 4.69) is 21.3 Å². The molecule has 1 N–H and O–H groups in total. The summed E-state index contributed by atoms with van der Waals surface area (Å²) in [6.07, 6.45) is 0.853. The van der Waals surface area contributed by atoms with Gasteiger partial charge < -0.3 is 14.8 Å². The maximum absolute atomic E-state index is 11.8. The van der Waals surface area contributed by atoms with E-state index in [1.54, 1.807) is 18.3 Å². The van der Waals surface area contributed by atoms with Crippen LogP contribution in [0.1, 0.15) is 29.6 Å². The number of rotatable bonds is 4. The van der Waals surface area contributed by atoms with Crippen molar-refractivity contribution >= 4 is 17.2 Å². The second-order valence-corrected chi connectivity index (χ2v) is 7.53. The molecule has 0 aliphatic carbocycles. The molecule has 132 valence electrons. The Hall–Kier alpha value is -2.12. The van der Waals surface area contributed by atoms with Crippen LogP contribution in [0.25, 0.3) is 0 Å². The summed E-state index contributed by atoms with van der Waals surface area (Å²) in [4.78, 5) is 18.8. The van der Waals surface area contributed by atoms with Crippen LogP contribution < -0.4 is 14.8 Å². The molecule has 1 fully saturated rings. The molecule has 1 saturated heterocycles. The molecule has 0 spiro atoms. The first kappa shape index (κ1) is 16.4. The van der Waals surface area contributed by atoms with E-state index >= 15 is 0 Å². The van der Waals surface area contributed by atoms with Gasteiger partial charge in [0.15, 0.2) is 11.5 Å². The number of hydrogen-bond acceptors (Lipinski definition) is 6. The van der Waals surface area contributed by atoms with Crippen molar-refractivity contribution in [1.29, 1.82) is 0 Å². The highest BCUT2D eigenvalue weighted by molar-refractivity contribution is 7.09. The summed E-state index contributed by atoms with van der Waals surface area (Å²) >= 11 is 1.62. The smallest absolute Gasteiger partial charge is 0.231 e.